The normalized spacial score (nSPS) is 17.4. The van der Waals surface area contributed by atoms with Gasteiger partial charge in [-0.15, -0.1) is 0 Å². The van der Waals surface area contributed by atoms with Crippen LogP contribution in [0.15, 0.2) is 35.3 Å². The van der Waals surface area contributed by atoms with Crippen molar-refractivity contribution >= 4 is 10.9 Å². The summed E-state index contributed by atoms with van der Waals surface area (Å²) in [5.74, 6) is 1.26. The number of benzene rings is 1. The summed E-state index contributed by atoms with van der Waals surface area (Å²) in [7, 11) is 1.81. The number of fused-ring (bicyclic) bond motifs is 1. The van der Waals surface area contributed by atoms with Crippen LogP contribution in [0.1, 0.15) is 43.7 Å². The third-order valence-corrected chi connectivity index (χ3v) is 5.59. The highest BCUT2D eigenvalue weighted by atomic mass is 16.5. The van der Waals surface area contributed by atoms with E-state index in [4.69, 9.17) is 4.74 Å². The van der Waals surface area contributed by atoms with Crippen LogP contribution in [0.5, 0.6) is 5.75 Å². The number of piperidine rings is 1. The second-order valence-electron chi connectivity index (χ2n) is 8.19. The van der Waals surface area contributed by atoms with Gasteiger partial charge < -0.3 is 19.6 Å². The van der Waals surface area contributed by atoms with E-state index in [1.807, 2.05) is 25.3 Å². The van der Waals surface area contributed by atoms with Crippen LogP contribution in [0, 0.1) is 6.92 Å². The molecular weight excluding hydrogens is 350 g/mol. The second kappa shape index (κ2) is 7.47. The SMILES string of the molecule is Cc1cc(-c2[nH]c3ccc(OC4CCCNC4)cc3c2C(C)C)cn(C)c1=O. The van der Waals surface area contributed by atoms with Crippen molar-refractivity contribution in [3.05, 3.63) is 51.9 Å². The van der Waals surface area contributed by atoms with Crippen LogP contribution in [-0.2, 0) is 7.05 Å². The van der Waals surface area contributed by atoms with Crippen molar-refractivity contribution < 1.29 is 4.74 Å². The monoisotopic (exact) mass is 379 g/mol. The van der Waals surface area contributed by atoms with Gasteiger partial charge in [-0.2, -0.15) is 0 Å². The highest BCUT2D eigenvalue weighted by Gasteiger charge is 2.19. The Morgan fingerprint density at radius 2 is 2.07 bits per heavy atom. The van der Waals surface area contributed by atoms with Gasteiger partial charge in [0.25, 0.3) is 5.56 Å². The van der Waals surface area contributed by atoms with Gasteiger partial charge in [-0.25, -0.2) is 0 Å². The van der Waals surface area contributed by atoms with Gasteiger partial charge in [0, 0.05) is 41.8 Å². The summed E-state index contributed by atoms with van der Waals surface area (Å²) in [6.07, 6.45) is 4.40. The van der Waals surface area contributed by atoms with Crippen molar-refractivity contribution in [2.45, 2.75) is 45.6 Å². The summed E-state index contributed by atoms with van der Waals surface area (Å²) in [6.45, 7) is 8.27. The topological polar surface area (TPSA) is 59.0 Å². The smallest absolute Gasteiger partial charge is 0.253 e. The molecule has 28 heavy (non-hydrogen) atoms. The van der Waals surface area contributed by atoms with Gasteiger partial charge in [-0.05, 0) is 62.1 Å². The van der Waals surface area contributed by atoms with Crippen LogP contribution in [0.25, 0.3) is 22.2 Å². The van der Waals surface area contributed by atoms with E-state index < -0.39 is 0 Å². The highest BCUT2D eigenvalue weighted by molar-refractivity contribution is 5.92. The molecule has 1 aromatic carbocycles. The first-order chi connectivity index (χ1) is 13.4. The molecule has 0 amide bonds. The lowest BCUT2D eigenvalue weighted by Gasteiger charge is -2.24. The molecule has 0 bridgehead atoms. The van der Waals surface area contributed by atoms with Gasteiger partial charge in [0.15, 0.2) is 0 Å². The Balaban J connectivity index is 1.79. The van der Waals surface area contributed by atoms with E-state index >= 15 is 0 Å². The lowest BCUT2D eigenvalue weighted by atomic mass is 9.96. The first-order valence-corrected chi connectivity index (χ1v) is 10.1. The van der Waals surface area contributed by atoms with E-state index in [1.165, 1.54) is 10.9 Å². The summed E-state index contributed by atoms with van der Waals surface area (Å²) in [6, 6.07) is 8.29. The van der Waals surface area contributed by atoms with Crippen LogP contribution in [-0.4, -0.2) is 28.7 Å². The Morgan fingerprint density at radius 3 is 2.75 bits per heavy atom. The largest absolute Gasteiger partial charge is 0.489 e. The summed E-state index contributed by atoms with van der Waals surface area (Å²) in [4.78, 5) is 15.7. The quantitative estimate of drug-likeness (QED) is 0.718. The molecule has 1 unspecified atom stereocenters. The molecule has 5 heteroatoms. The van der Waals surface area contributed by atoms with E-state index in [0.29, 0.717) is 5.92 Å². The van der Waals surface area contributed by atoms with E-state index in [1.54, 1.807) is 11.6 Å². The lowest BCUT2D eigenvalue weighted by Crippen LogP contribution is -2.37. The molecule has 0 radical (unpaired) electrons. The molecule has 1 aliphatic rings. The predicted octanol–water partition coefficient (Wildman–Crippen LogP) is 4.10. The average molecular weight is 380 g/mol. The Hall–Kier alpha value is -2.53. The molecule has 0 aliphatic carbocycles. The minimum atomic E-state index is 0.0442. The fourth-order valence-corrected chi connectivity index (χ4v) is 4.22. The number of hydrogen-bond acceptors (Lipinski definition) is 3. The van der Waals surface area contributed by atoms with Crippen LogP contribution >= 0.6 is 0 Å². The number of ether oxygens (including phenoxy) is 1. The van der Waals surface area contributed by atoms with Crippen molar-refractivity contribution in [3.8, 4) is 17.0 Å². The van der Waals surface area contributed by atoms with Crippen molar-refractivity contribution in [1.82, 2.24) is 14.9 Å². The Kier molecular flexibility index (Phi) is 5.02. The number of H-pyrrole nitrogens is 1. The molecule has 0 spiro atoms. The van der Waals surface area contributed by atoms with Gasteiger partial charge in [-0.3, -0.25) is 4.79 Å². The fourth-order valence-electron chi connectivity index (χ4n) is 4.22. The lowest BCUT2D eigenvalue weighted by molar-refractivity contribution is 0.167. The summed E-state index contributed by atoms with van der Waals surface area (Å²) >= 11 is 0. The maximum Gasteiger partial charge on any atom is 0.253 e. The van der Waals surface area contributed by atoms with Gasteiger partial charge in [-0.1, -0.05) is 13.8 Å². The summed E-state index contributed by atoms with van der Waals surface area (Å²) in [5, 5.41) is 4.60. The molecule has 0 saturated carbocycles. The van der Waals surface area contributed by atoms with E-state index in [0.717, 1.165) is 54.0 Å². The number of rotatable bonds is 4. The highest BCUT2D eigenvalue weighted by Crippen LogP contribution is 2.37. The van der Waals surface area contributed by atoms with E-state index in [9.17, 15) is 4.79 Å². The Morgan fingerprint density at radius 1 is 1.25 bits per heavy atom. The van der Waals surface area contributed by atoms with Gasteiger partial charge in [0.2, 0.25) is 0 Å². The minimum absolute atomic E-state index is 0.0442. The van der Waals surface area contributed by atoms with E-state index in [2.05, 4.69) is 36.3 Å². The fraction of sp³-hybridized carbons (Fsp3) is 0.435. The molecule has 3 aromatic rings. The summed E-state index contributed by atoms with van der Waals surface area (Å²) < 4.78 is 7.90. The third-order valence-electron chi connectivity index (χ3n) is 5.59. The van der Waals surface area contributed by atoms with Crippen molar-refractivity contribution in [2.75, 3.05) is 13.1 Å². The molecule has 1 atom stereocenters. The van der Waals surface area contributed by atoms with Gasteiger partial charge in [0.05, 0.1) is 5.69 Å². The predicted molar refractivity (Wildman–Crippen MR) is 114 cm³/mol. The molecule has 1 aliphatic heterocycles. The van der Waals surface area contributed by atoms with Crippen molar-refractivity contribution in [3.63, 3.8) is 0 Å². The van der Waals surface area contributed by atoms with E-state index in [-0.39, 0.29) is 11.7 Å². The Bertz CT molecular complexity index is 1030. The first kappa shape index (κ1) is 18.8. The van der Waals surface area contributed by atoms with Crippen LogP contribution in [0.2, 0.25) is 0 Å². The average Bonchev–Trinajstić information content (AvgIpc) is 3.05. The third kappa shape index (κ3) is 3.47. The summed E-state index contributed by atoms with van der Waals surface area (Å²) in [5.41, 5.74) is 5.28. The zero-order valence-corrected chi connectivity index (χ0v) is 17.1. The van der Waals surface area contributed by atoms with Crippen molar-refractivity contribution in [2.24, 2.45) is 7.05 Å². The van der Waals surface area contributed by atoms with Crippen LogP contribution < -0.4 is 15.6 Å². The number of nitrogens with zero attached hydrogens (tertiary/aromatic N) is 1. The number of nitrogens with one attached hydrogen (secondary N) is 2. The molecule has 148 valence electrons. The molecule has 4 rings (SSSR count). The molecule has 1 saturated heterocycles. The van der Waals surface area contributed by atoms with Gasteiger partial charge in [0.1, 0.15) is 11.9 Å². The second-order valence-corrected chi connectivity index (χ2v) is 8.19. The number of aryl methyl sites for hydroxylation is 2. The zero-order valence-electron chi connectivity index (χ0n) is 17.1. The van der Waals surface area contributed by atoms with Crippen molar-refractivity contribution in [1.29, 1.82) is 0 Å². The standard InChI is InChI=1S/C23H29N3O2/c1-14(2)21-19-11-17(28-18-6-5-9-24-12-18)7-8-20(19)25-22(21)16-10-15(3)23(27)26(4)13-16/h7-8,10-11,13-14,18,24-25H,5-6,9,12H2,1-4H3. The minimum Gasteiger partial charge on any atom is -0.489 e. The zero-order chi connectivity index (χ0) is 19.8. The number of pyridine rings is 1. The van der Waals surface area contributed by atoms with Crippen LogP contribution in [0.4, 0.5) is 0 Å². The number of aromatic nitrogens is 2. The molecule has 1 fully saturated rings. The molecular formula is C23H29N3O2. The number of hydrogen-bond donors (Lipinski definition) is 2. The molecule has 5 nitrogen and oxygen atoms in total. The molecule has 2 N–H and O–H groups in total. The first-order valence-electron chi connectivity index (χ1n) is 10.1. The molecule has 2 aromatic heterocycles. The maximum absolute atomic E-state index is 12.1. The van der Waals surface area contributed by atoms with Gasteiger partial charge >= 0.3 is 0 Å². The Labute approximate surface area is 165 Å². The molecule has 3 heterocycles. The number of aromatic amines is 1. The maximum atomic E-state index is 12.1. The van der Waals surface area contributed by atoms with Crippen LogP contribution in [0.3, 0.4) is 0 Å².